The van der Waals surface area contributed by atoms with E-state index in [1.165, 1.54) is 7.05 Å². The first-order chi connectivity index (χ1) is 6.65. The molecule has 0 aromatic rings. The Bertz CT molecular complexity index is 261. The Hall–Kier alpha value is -1.32. The highest BCUT2D eigenvalue weighted by atomic mass is 16.2. The number of carbonyl (C=O) groups excluding carboxylic acids is 2. The molecule has 0 bridgehead atoms. The first kappa shape index (κ1) is 10.8. The lowest BCUT2D eigenvalue weighted by Crippen LogP contribution is -2.42. The largest absolute Gasteiger partial charge is 0.351 e. The average molecular weight is 196 g/mol. The lowest BCUT2D eigenvalue weighted by atomic mass is 10.1. The molecule has 1 rings (SSSR count). The van der Waals surface area contributed by atoms with E-state index in [0.29, 0.717) is 19.0 Å². The Labute approximate surface area is 84.0 Å². The second kappa shape index (κ2) is 4.79. The Kier molecular flexibility index (Phi) is 3.68. The minimum atomic E-state index is -0.534. The third-order valence-corrected chi connectivity index (χ3v) is 2.35. The van der Waals surface area contributed by atoms with E-state index < -0.39 is 11.8 Å². The summed E-state index contributed by atoms with van der Waals surface area (Å²) in [5, 5.41) is 2.34. The molecule has 78 valence electrons. The van der Waals surface area contributed by atoms with Crippen LogP contribution < -0.4 is 5.32 Å². The predicted molar refractivity (Wildman–Crippen MR) is 53.6 cm³/mol. The molecule has 0 aliphatic carbocycles. The fraction of sp³-hybridized carbons (Fsp3) is 0.600. The molecule has 0 fully saturated rings. The number of likely N-dealkylation sites (N-methyl/N-ethyl adjacent to an activating group) is 1. The fourth-order valence-electron chi connectivity index (χ4n) is 1.40. The van der Waals surface area contributed by atoms with Crippen LogP contribution in [0, 0.1) is 5.92 Å². The van der Waals surface area contributed by atoms with Gasteiger partial charge in [-0.3, -0.25) is 9.59 Å². The van der Waals surface area contributed by atoms with E-state index >= 15 is 0 Å². The number of rotatable bonds is 0. The molecule has 0 aromatic carbocycles. The van der Waals surface area contributed by atoms with E-state index in [1.807, 2.05) is 6.08 Å². The molecule has 0 spiro atoms. The van der Waals surface area contributed by atoms with Crippen molar-refractivity contribution >= 4 is 11.8 Å². The maximum absolute atomic E-state index is 11.5. The van der Waals surface area contributed by atoms with Gasteiger partial charge in [-0.2, -0.15) is 0 Å². The van der Waals surface area contributed by atoms with Gasteiger partial charge in [0.1, 0.15) is 0 Å². The van der Waals surface area contributed by atoms with Gasteiger partial charge in [-0.1, -0.05) is 19.1 Å². The Morgan fingerprint density at radius 3 is 2.86 bits per heavy atom. The van der Waals surface area contributed by atoms with Crippen molar-refractivity contribution in [1.29, 1.82) is 0 Å². The molecule has 0 saturated carbocycles. The molecule has 2 amide bonds. The highest BCUT2D eigenvalue weighted by molar-refractivity contribution is 6.34. The maximum Gasteiger partial charge on any atom is 0.312 e. The predicted octanol–water partition coefficient (Wildman–Crippen LogP) is 0.157. The molecule has 1 N–H and O–H groups in total. The number of hydrogen-bond acceptors (Lipinski definition) is 2. The molecular weight excluding hydrogens is 180 g/mol. The van der Waals surface area contributed by atoms with Gasteiger partial charge in [0.2, 0.25) is 0 Å². The number of nitrogens with zero attached hydrogens (tertiary/aromatic N) is 1. The minimum absolute atomic E-state index is 0.439. The van der Waals surface area contributed by atoms with Crippen LogP contribution in [0.2, 0.25) is 0 Å². The topological polar surface area (TPSA) is 49.4 Å². The highest BCUT2D eigenvalue weighted by Gasteiger charge is 2.20. The van der Waals surface area contributed by atoms with Gasteiger partial charge in [0.05, 0.1) is 0 Å². The summed E-state index contributed by atoms with van der Waals surface area (Å²) in [5.74, 6) is -0.489. The Morgan fingerprint density at radius 1 is 1.50 bits per heavy atom. The second-order valence-electron chi connectivity index (χ2n) is 3.52. The third-order valence-electron chi connectivity index (χ3n) is 2.35. The maximum atomic E-state index is 11.5. The number of allylic oxidation sites excluding steroid dienone is 1. The van der Waals surface area contributed by atoms with Gasteiger partial charge in [0.25, 0.3) is 0 Å². The first-order valence-electron chi connectivity index (χ1n) is 4.82. The van der Waals surface area contributed by atoms with Crippen molar-refractivity contribution in [1.82, 2.24) is 10.2 Å². The van der Waals surface area contributed by atoms with Crippen LogP contribution in [0.15, 0.2) is 12.2 Å². The molecule has 4 nitrogen and oxygen atoms in total. The van der Waals surface area contributed by atoms with Crippen LogP contribution in [-0.4, -0.2) is 36.9 Å². The van der Waals surface area contributed by atoms with Crippen molar-refractivity contribution in [2.45, 2.75) is 13.3 Å². The summed E-state index contributed by atoms with van der Waals surface area (Å²) >= 11 is 0. The number of hydrogen-bond donors (Lipinski definition) is 1. The van der Waals surface area contributed by atoms with E-state index in [-0.39, 0.29) is 0 Å². The standard InChI is InChI=1S/C10H16N2O2/c1-8-4-3-6-12(7-5-8)10(14)9(13)11-2/h3-4,8H,5-7H2,1-2H3,(H,11,13). The van der Waals surface area contributed by atoms with Crippen LogP contribution >= 0.6 is 0 Å². The van der Waals surface area contributed by atoms with Crippen molar-refractivity contribution in [3.8, 4) is 0 Å². The third kappa shape index (κ3) is 2.58. The average Bonchev–Trinajstić information content (AvgIpc) is 2.40. The van der Waals surface area contributed by atoms with E-state index in [4.69, 9.17) is 0 Å². The molecular formula is C10H16N2O2. The number of amides is 2. The van der Waals surface area contributed by atoms with Gasteiger partial charge in [-0.05, 0) is 12.3 Å². The van der Waals surface area contributed by atoms with Gasteiger partial charge < -0.3 is 10.2 Å². The molecule has 0 saturated heterocycles. The summed E-state index contributed by atoms with van der Waals surface area (Å²) in [6.07, 6.45) is 4.94. The summed E-state index contributed by atoms with van der Waals surface area (Å²) < 4.78 is 0. The normalized spacial score (nSPS) is 21.6. The van der Waals surface area contributed by atoms with Gasteiger partial charge in [-0.15, -0.1) is 0 Å². The van der Waals surface area contributed by atoms with Crippen LogP contribution in [0.4, 0.5) is 0 Å². The fourth-order valence-corrected chi connectivity index (χ4v) is 1.40. The zero-order valence-electron chi connectivity index (χ0n) is 8.62. The van der Waals surface area contributed by atoms with Gasteiger partial charge in [-0.25, -0.2) is 0 Å². The van der Waals surface area contributed by atoms with Crippen molar-refractivity contribution in [3.63, 3.8) is 0 Å². The molecule has 1 aliphatic rings. The van der Waals surface area contributed by atoms with Crippen molar-refractivity contribution in [2.75, 3.05) is 20.1 Å². The van der Waals surface area contributed by atoms with Crippen LogP contribution in [0.1, 0.15) is 13.3 Å². The summed E-state index contributed by atoms with van der Waals surface area (Å²) in [4.78, 5) is 24.1. The molecule has 1 unspecified atom stereocenters. The van der Waals surface area contributed by atoms with Crippen LogP contribution in [0.5, 0.6) is 0 Å². The van der Waals surface area contributed by atoms with E-state index in [9.17, 15) is 9.59 Å². The summed E-state index contributed by atoms with van der Waals surface area (Å²) in [5.41, 5.74) is 0. The quantitative estimate of drug-likeness (QED) is 0.443. The monoisotopic (exact) mass is 196 g/mol. The SMILES string of the molecule is CNC(=O)C(=O)N1CC=CC(C)CC1. The minimum Gasteiger partial charge on any atom is -0.351 e. The zero-order chi connectivity index (χ0) is 10.6. The molecule has 0 aromatic heterocycles. The van der Waals surface area contributed by atoms with Crippen molar-refractivity contribution in [3.05, 3.63) is 12.2 Å². The van der Waals surface area contributed by atoms with E-state index in [1.54, 1.807) is 4.90 Å². The lowest BCUT2D eigenvalue weighted by molar-refractivity contribution is -0.145. The first-order valence-corrected chi connectivity index (χ1v) is 4.82. The summed E-state index contributed by atoms with van der Waals surface area (Å²) in [7, 11) is 1.47. The van der Waals surface area contributed by atoms with Crippen LogP contribution in [0.25, 0.3) is 0 Å². The number of nitrogens with one attached hydrogen (secondary N) is 1. The van der Waals surface area contributed by atoms with Gasteiger partial charge >= 0.3 is 11.8 Å². The van der Waals surface area contributed by atoms with Gasteiger partial charge in [0.15, 0.2) is 0 Å². The molecule has 1 heterocycles. The van der Waals surface area contributed by atoms with E-state index in [2.05, 4.69) is 18.3 Å². The van der Waals surface area contributed by atoms with Gasteiger partial charge in [0, 0.05) is 20.1 Å². The smallest absolute Gasteiger partial charge is 0.312 e. The van der Waals surface area contributed by atoms with Crippen molar-refractivity contribution < 1.29 is 9.59 Å². The Morgan fingerprint density at radius 2 is 2.21 bits per heavy atom. The summed E-state index contributed by atoms with van der Waals surface area (Å²) in [6.45, 7) is 3.29. The van der Waals surface area contributed by atoms with Crippen LogP contribution in [0.3, 0.4) is 0 Å². The lowest BCUT2D eigenvalue weighted by Gasteiger charge is -2.18. The second-order valence-corrected chi connectivity index (χ2v) is 3.52. The van der Waals surface area contributed by atoms with E-state index in [0.717, 1.165) is 6.42 Å². The van der Waals surface area contributed by atoms with Crippen molar-refractivity contribution in [2.24, 2.45) is 5.92 Å². The molecule has 1 aliphatic heterocycles. The van der Waals surface area contributed by atoms with Crippen LogP contribution in [-0.2, 0) is 9.59 Å². The Balaban J connectivity index is 2.57. The zero-order valence-corrected chi connectivity index (χ0v) is 8.62. The molecule has 4 heteroatoms. The molecule has 1 atom stereocenters. The summed E-state index contributed by atoms with van der Waals surface area (Å²) in [6, 6.07) is 0. The highest BCUT2D eigenvalue weighted by Crippen LogP contribution is 2.10. The molecule has 14 heavy (non-hydrogen) atoms. The number of carbonyl (C=O) groups is 2. The molecule has 0 radical (unpaired) electrons.